The van der Waals surface area contributed by atoms with E-state index >= 15 is 0 Å². The molecule has 0 aromatic heterocycles. The number of hydrogen-bond donors (Lipinski definition) is 3. The average Bonchev–Trinajstić information content (AvgIpc) is 2.91. The smallest absolute Gasteiger partial charge is 0.239 e. The van der Waals surface area contributed by atoms with Crippen LogP contribution in [0.5, 0.6) is 0 Å². The molecule has 1 heterocycles. The van der Waals surface area contributed by atoms with Crippen LogP contribution in [0.15, 0.2) is 65.6 Å². The van der Waals surface area contributed by atoms with Gasteiger partial charge < -0.3 is 5.11 Å². The Labute approximate surface area is 127 Å². The highest BCUT2D eigenvalue weighted by molar-refractivity contribution is 7.89. The first-order valence-electron chi connectivity index (χ1n) is 6.46. The zero-order chi connectivity index (χ0) is 15.8. The summed E-state index contributed by atoms with van der Waals surface area (Å²) in [6.07, 6.45) is 1.52. The molecule has 1 aliphatic heterocycles. The highest BCUT2D eigenvalue weighted by Crippen LogP contribution is 2.32. The molecule has 1 atom stereocenters. The zero-order valence-corrected chi connectivity index (χ0v) is 12.2. The van der Waals surface area contributed by atoms with Crippen molar-refractivity contribution < 1.29 is 18.4 Å². The molecule has 2 aromatic rings. The van der Waals surface area contributed by atoms with Crippen LogP contribution in [0, 0.1) is 0 Å². The molecule has 0 bridgehead atoms. The second-order valence-corrected chi connectivity index (χ2v) is 6.46. The van der Waals surface area contributed by atoms with Crippen LogP contribution in [0.25, 0.3) is 5.70 Å². The third-order valence-electron chi connectivity index (χ3n) is 3.34. The van der Waals surface area contributed by atoms with Gasteiger partial charge in [-0.25, -0.2) is 18.4 Å². The maximum atomic E-state index is 11.2. The van der Waals surface area contributed by atoms with Gasteiger partial charge in [0.05, 0.1) is 10.6 Å². The van der Waals surface area contributed by atoms with E-state index in [2.05, 4.69) is 5.48 Å². The van der Waals surface area contributed by atoms with E-state index in [9.17, 15) is 13.5 Å². The van der Waals surface area contributed by atoms with Gasteiger partial charge in [0.2, 0.25) is 15.8 Å². The normalized spacial score (nSPS) is 21.3. The van der Waals surface area contributed by atoms with Crippen molar-refractivity contribution in [1.82, 2.24) is 5.48 Å². The molecular formula is C15H14N2O4S. The lowest BCUT2D eigenvalue weighted by Crippen LogP contribution is -2.26. The molecule has 7 heteroatoms. The summed E-state index contributed by atoms with van der Waals surface area (Å²) in [7, 11) is -3.77. The summed E-state index contributed by atoms with van der Waals surface area (Å²) >= 11 is 0. The number of rotatable bonds is 3. The summed E-state index contributed by atoms with van der Waals surface area (Å²) < 4.78 is 22.5. The van der Waals surface area contributed by atoms with Gasteiger partial charge >= 0.3 is 0 Å². The SMILES string of the molecule is NS(=O)(=O)c1ccc(C2(O)C=C(c3ccccc3)NO2)cc1. The van der Waals surface area contributed by atoms with E-state index in [4.69, 9.17) is 9.98 Å². The monoisotopic (exact) mass is 318 g/mol. The molecule has 6 nitrogen and oxygen atoms in total. The number of benzene rings is 2. The Kier molecular flexibility index (Phi) is 3.50. The van der Waals surface area contributed by atoms with E-state index in [1.165, 1.54) is 30.3 Å². The quantitative estimate of drug-likeness (QED) is 0.785. The van der Waals surface area contributed by atoms with Gasteiger partial charge in [0.25, 0.3) is 0 Å². The maximum absolute atomic E-state index is 11.2. The van der Waals surface area contributed by atoms with Gasteiger partial charge in [0.1, 0.15) is 0 Å². The Morgan fingerprint density at radius 3 is 2.27 bits per heavy atom. The van der Waals surface area contributed by atoms with Crippen molar-refractivity contribution in [1.29, 1.82) is 0 Å². The fourth-order valence-electron chi connectivity index (χ4n) is 2.17. The minimum Gasteiger partial charge on any atom is -0.357 e. The number of hydroxylamine groups is 1. The number of nitrogens with one attached hydrogen (secondary N) is 1. The van der Waals surface area contributed by atoms with Gasteiger partial charge in [-0.3, -0.25) is 5.48 Å². The Morgan fingerprint density at radius 2 is 1.68 bits per heavy atom. The zero-order valence-electron chi connectivity index (χ0n) is 11.4. The number of aliphatic hydroxyl groups is 1. The molecule has 0 saturated heterocycles. The van der Waals surface area contributed by atoms with Crippen LogP contribution in [-0.2, 0) is 20.6 Å². The van der Waals surface area contributed by atoms with E-state index in [-0.39, 0.29) is 4.90 Å². The van der Waals surface area contributed by atoms with Crippen molar-refractivity contribution in [2.24, 2.45) is 5.14 Å². The number of nitrogens with two attached hydrogens (primary N) is 1. The van der Waals surface area contributed by atoms with Gasteiger partial charge in [0, 0.05) is 11.6 Å². The first kappa shape index (κ1) is 14.7. The van der Waals surface area contributed by atoms with Crippen LogP contribution in [0.1, 0.15) is 11.1 Å². The van der Waals surface area contributed by atoms with Crippen molar-refractivity contribution in [2.45, 2.75) is 10.7 Å². The van der Waals surface area contributed by atoms with E-state index in [0.717, 1.165) is 5.56 Å². The van der Waals surface area contributed by atoms with Crippen LogP contribution < -0.4 is 10.6 Å². The van der Waals surface area contributed by atoms with E-state index < -0.39 is 15.8 Å². The minimum absolute atomic E-state index is 0.0296. The largest absolute Gasteiger partial charge is 0.357 e. The first-order valence-corrected chi connectivity index (χ1v) is 8.01. The lowest BCUT2D eigenvalue weighted by atomic mass is 10.0. The third-order valence-corrected chi connectivity index (χ3v) is 4.27. The van der Waals surface area contributed by atoms with Gasteiger partial charge in [-0.15, -0.1) is 0 Å². The van der Waals surface area contributed by atoms with Crippen LogP contribution in [0.3, 0.4) is 0 Å². The van der Waals surface area contributed by atoms with Crippen molar-refractivity contribution in [2.75, 3.05) is 0 Å². The van der Waals surface area contributed by atoms with Gasteiger partial charge in [-0.1, -0.05) is 42.5 Å². The first-order chi connectivity index (χ1) is 10.4. The van der Waals surface area contributed by atoms with E-state index in [1.807, 2.05) is 30.3 Å². The van der Waals surface area contributed by atoms with Crippen LogP contribution in [-0.4, -0.2) is 13.5 Å². The van der Waals surface area contributed by atoms with Gasteiger partial charge in [-0.05, 0) is 17.7 Å². The molecule has 0 spiro atoms. The Bertz CT molecular complexity index is 816. The van der Waals surface area contributed by atoms with Crippen molar-refractivity contribution >= 4 is 15.7 Å². The minimum atomic E-state index is -3.77. The molecule has 0 amide bonds. The summed E-state index contributed by atoms with van der Waals surface area (Å²) in [6.45, 7) is 0. The van der Waals surface area contributed by atoms with Gasteiger partial charge in [0.15, 0.2) is 0 Å². The van der Waals surface area contributed by atoms with Crippen LogP contribution in [0.4, 0.5) is 0 Å². The molecular weight excluding hydrogens is 304 g/mol. The molecule has 1 unspecified atom stereocenters. The van der Waals surface area contributed by atoms with Crippen molar-refractivity contribution in [3.05, 3.63) is 71.8 Å². The van der Waals surface area contributed by atoms with Crippen molar-refractivity contribution in [3.63, 3.8) is 0 Å². The van der Waals surface area contributed by atoms with E-state index in [0.29, 0.717) is 11.3 Å². The Hall–Kier alpha value is -2.19. The third kappa shape index (κ3) is 2.75. The molecule has 0 fully saturated rings. The Balaban J connectivity index is 1.93. The average molecular weight is 318 g/mol. The second kappa shape index (κ2) is 5.22. The van der Waals surface area contributed by atoms with Crippen molar-refractivity contribution in [3.8, 4) is 0 Å². The lowest BCUT2D eigenvalue weighted by Gasteiger charge is -2.19. The lowest BCUT2D eigenvalue weighted by molar-refractivity contribution is -0.188. The Morgan fingerprint density at radius 1 is 1.05 bits per heavy atom. The molecule has 4 N–H and O–H groups in total. The summed E-state index contributed by atoms with van der Waals surface area (Å²) in [5, 5.41) is 15.6. The summed E-state index contributed by atoms with van der Waals surface area (Å²) in [4.78, 5) is 5.22. The number of sulfonamides is 1. The van der Waals surface area contributed by atoms with Crippen LogP contribution in [0.2, 0.25) is 0 Å². The summed E-state index contributed by atoms with van der Waals surface area (Å²) in [6, 6.07) is 14.9. The van der Waals surface area contributed by atoms with Crippen LogP contribution >= 0.6 is 0 Å². The second-order valence-electron chi connectivity index (χ2n) is 4.89. The number of primary sulfonamides is 1. The van der Waals surface area contributed by atoms with Gasteiger partial charge in [-0.2, -0.15) is 0 Å². The molecule has 22 heavy (non-hydrogen) atoms. The predicted molar refractivity (Wildman–Crippen MR) is 80.4 cm³/mol. The highest BCUT2D eigenvalue weighted by atomic mass is 32.2. The van der Waals surface area contributed by atoms with E-state index in [1.54, 1.807) is 0 Å². The summed E-state index contributed by atoms with van der Waals surface area (Å²) in [5.74, 6) is -1.68. The molecule has 114 valence electrons. The highest BCUT2D eigenvalue weighted by Gasteiger charge is 2.35. The summed E-state index contributed by atoms with van der Waals surface area (Å²) in [5.41, 5.74) is 4.55. The standard InChI is InChI=1S/C15H14N2O4S/c16-22(19,20)13-8-6-12(7-9-13)15(18)10-14(17-21-15)11-4-2-1-3-5-11/h1-10,17-18H,(H2,16,19,20). The topological polar surface area (TPSA) is 102 Å². The number of hydrogen-bond acceptors (Lipinski definition) is 5. The fraction of sp³-hybridized carbons (Fsp3) is 0.0667. The fourth-order valence-corrected chi connectivity index (χ4v) is 2.69. The molecule has 0 aliphatic carbocycles. The molecule has 0 saturated carbocycles. The molecule has 1 aliphatic rings. The molecule has 3 rings (SSSR count). The molecule has 2 aromatic carbocycles. The molecule has 0 radical (unpaired) electrons. The maximum Gasteiger partial charge on any atom is 0.239 e. The predicted octanol–water partition coefficient (Wildman–Crippen LogP) is 1.06.